The summed E-state index contributed by atoms with van der Waals surface area (Å²) in [6, 6.07) is 6.88. The Morgan fingerprint density at radius 3 is 2.53 bits per heavy atom. The Labute approximate surface area is 99.8 Å². The number of para-hydroxylation sites is 1. The lowest BCUT2D eigenvalue weighted by Gasteiger charge is -2.01. The zero-order valence-electron chi connectivity index (χ0n) is 9.71. The second kappa shape index (κ2) is 6.37. The van der Waals surface area contributed by atoms with Crippen LogP contribution in [-0.4, -0.2) is 25.3 Å². The number of aromatic hydroxyl groups is 1. The molecule has 1 rings (SSSR count). The van der Waals surface area contributed by atoms with Gasteiger partial charge < -0.3 is 14.6 Å². The molecule has 4 heteroatoms. The number of phenolic OH excluding ortho intramolecular Hbond substituents is 1. The second-order valence-electron chi connectivity index (χ2n) is 3.14. The predicted molar refractivity (Wildman–Crippen MR) is 64.2 cm³/mol. The van der Waals surface area contributed by atoms with E-state index in [4.69, 9.17) is 4.74 Å². The molecule has 0 atom stereocenters. The summed E-state index contributed by atoms with van der Waals surface area (Å²) in [5, 5.41) is 9.49. The average Bonchev–Trinajstić information content (AvgIpc) is 2.36. The van der Waals surface area contributed by atoms with E-state index in [0.717, 1.165) is 0 Å². The fourth-order valence-corrected chi connectivity index (χ4v) is 1.19. The first-order valence-corrected chi connectivity index (χ1v) is 4.97. The van der Waals surface area contributed by atoms with Gasteiger partial charge in [-0.15, -0.1) is 0 Å². The topological polar surface area (TPSA) is 55.8 Å². The molecule has 1 N–H and O–H groups in total. The first kappa shape index (κ1) is 12.8. The van der Waals surface area contributed by atoms with Crippen molar-refractivity contribution in [1.29, 1.82) is 0 Å². The van der Waals surface area contributed by atoms with Gasteiger partial charge in [0.15, 0.2) is 0 Å². The fourth-order valence-electron chi connectivity index (χ4n) is 1.19. The molecule has 0 fully saturated rings. The number of ether oxygens (including phenoxy) is 2. The summed E-state index contributed by atoms with van der Waals surface area (Å²) in [6.07, 6.45) is 4.74. The van der Waals surface area contributed by atoms with Crippen LogP contribution in [0.5, 0.6) is 5.75 Å². The number of hydrogen-bond donors (Lipinski definition) is 1. The van der Waals surface area contributed by atoms with Gasteiger partial charge in [0.1, 0.15) is 5.75 Å². The number of benzene rings is 1. The van der Waals surface area contributed by atoms with E-state index in [1.165, 1.54) is 20.3 Å². The summed E-state index contributed by atoms with van der Waals surface area (Å²) in [5.74, 6) is -0.275. The number of methoxy groups -OCH3 is 2. The number of esters is 1. The minimum Gasteiger partial charge on any atom is -0.507 e. The molecule has 0 unspecified atom stereocenters. The smallest absolute Gasteiger partial charge is 0.373 e. The van der Waals surface area contributed by atoms with Crippen LogP contribution in [0.25, 0.3) is 6.08 Å². The van der Waals surface area contributed by atoms with E-state index in [9.17, 15) is 9.90 Å². The largest absolute Gasteiger partial charge is 0.507 e. The van der Waals surface area contributed by atoms with Crippen molar-refractivity contribution in [2.75, 3.05) is 14.2 Å². The molecule has 0 bridgehead atoms. The Bertz CT molecular complexity index is 446. The standard InChI is InChI=1S/C13H14O4/c1-16-12(13(15)17-2)9-5-7-10-6-3-4-8-11(10)14/h3-9,14H,1-2H3/b7-5+,12-9-. The van der Waals surface area contributed by atoms with E-state index in [2.05, 4.69) is 4.74 Å². The van der Waals surface area contributed by atoms with Gasteiger partial charge in [0.25, 0.3) is 0 Å². The highest BCUT2D eigenvalue weighted by atomic mass is 16.6. The molecule has 0 aromatic heterocycles. The third-order valence-electron chi connectivity index (χ3n) is 2.07. The van der Waals surface area contributed by atoms with Crippen molar-refractivity contribution in [3.05, 3.63) is 47.7 Å². The lowest BCUT2D eigenvalue weighted by Crippen LogP contribution is -2.05. The molecule has 1 aromatic carbocycles. The summed E-state index contributed by atoms with van der Waals surface area (Å²) in [4.78, 5) is 11.2. The maximum atomic E-state index is 11.2. The van der Waals surface area contributed by atoms with Gasteiger partial charge >= 0.3 is 5.97 Å². The van der Waals surface area contributed by atoms with Crippen molar-refractivity contribution < 1.29 is 19.4 Å². The average molecular weight is 234 g/mol. The minimum absolute atomic E-state index is 0.0965. The highest BCUT2D eigenvalue weighted by Crippen LogP contribution is 2.17. The summed E-state index contributed by atoms with van der Waals surface area (Å²) >= 11 is 0. The zero-order valence-corrected chi connectivity index (χ0v) is 9.71. The number of carbonyl (C=O) groups is 1. The molecule has 0 saturated carbocycles. The number of hydrogen-bond acceptors (Lipinski definition) is 4. The molecule has 0 radical (unpaired) electrons. The summed E-state index contributed by atoms with van der Waals surface area (Å²) in [7, 11) is 2.67. The number of carbonyl (C=O) groups excluding carboxylic acids is 1. The van der Waals surface area contributed by atoms with Gasteiger partial charge in [0.2, 0.25) is 5.76 Å². The lowest BCUT2D eigenvalue weighted by molar-refractivity contribution is -0.139. The molecule has 0 heterocycles. The Morgan fingerprint density at radius 1 is 1.24 bits per heavy atom. The predicted octanol–water partition coefficient (Wildman–Crippen LogP) is 2.11. The molecule has 1 aromatic rings. The zero-order chi connectivity index (χ0) is 12.7. The van der Waals surface area contributed by atoms with Crippen molar-refractivity contribution >= 4 is 12.0 Å². The van der Waals surface area contributed by atoms with Gasteiger partial charge in [-0.05, 0) is 12.1 Å². The molecule has 0 aliphatic carbocycles. The molecule has 0 aliphatic rings. The van der Waals surface area contributed by atoms with E-state index in [0.29, 0.717) is 5.56 Å². The van der Waals surface area contributed by atoms with Crippen molar-refractivity contribution in [1.82, 2.24) is 0 Å². The Balaban J connectivity index is 2.81. The van der Waals surface area contributed by atoms with Crippen molar-refractivity contribution in [2.24, 2.45) is 0 Å². The van der Waals surface area contributed by atoms with Crippen LogP contribution >= 0.6 is 0 Å². The van der Waals surface area contributed by atoms with Crippen LogP contribution in [0, 0.1) is 0 Å². The number of allylic oxidation sites excluding steroid dienone is 2. The first-order valence-electron chi connectivity index (χ1n) is 4.97. The van der Waals surface area contributed by atoms with Crippen LogP contribution in [0.2, 0.25) is 0 Å². The van der Waals surface area contributed by atoms with Gasteiger partial charge in [-0.2, -0.15) is 0 Å². The molecule has 17 heavy (non-hydrogen) atoms. The highest BCUT2D eigenvalue weighted by Gasteiger charge is 2.07. The number of rotatable bonds is 4. The summed E-state index contributed by atoms with van der Waals surface area (Å²) < 4.78 is 9.36. The number of phenols is 1. The monoisotopic (exact) mass is 234 g/mol. The third-order valence-corrected chi connectivity index (χ3v) is 2.07. The first-order chi connectivity index (χ1) is 8.19. The second-order valence-corrected chi connectivity index (χ2v) is 3.14. The van der Waals surface area contributed by atoms with Crippen LogP contribution in [0.4, 0.5) is 0 Å². The molecule has 0 aliphatic heterocycles. The highest BCUT2D eigenvalue weighted by molar-refractivity contribution is 5.86. The van der Waals surface area contributed by atoms with Crippen LogP contribution in [-0.2, 0) is 14.3 Å². The minimum atomic E-state index is -0.547. The third kappa shape index (κ3) is 3.68. The van der Waals surface area contributed by atoms with Crippen LogP contribution in [0.3, 0.4) is 0 Å². The Morgan fingerprint density at radius 2 is 1.94 bits per heavy atom. The SMILES string of the molecule is COC(=O)/C(=C/C=C/c1ccccc1O)OC. The van der Waals surface area contributed by atoms with Gasteiger partial charge in [-0.1, -0.05) is 30.4 Å². The van der Waals surface area contributed by atoms with Crippen molar-refractivity contribution in [2.45, 2.75) is 0 Å². The molecule has 90 valence electrons. The van der Waals surface area contributed by atoms with Gasteiger partial charge in [-0.25, -0.2) is 4.79 Å². The van der Waals surface area contributed by atoms with Gasteiger partial charge in [0.05, 0.1) is 14.2 Å². The van der Waals surface area contributed by atoms with E-state index in [1.807, 2.05) is 0 Å². The summed E-state index contributed by atoms with van der Waals surface area (Å²) in [5.41, 5.74) is 0.657. The van der Waals surface area contributed by atoms with E-state index in [1.54, 1.807) is 36.4 Å². The van der Waals surface area contributed by atoms with E-state index < -0.39 is 5.97 Å². The molecule has 0 amide bonds. The van der Waals surface area contributed by atoms with Gasteiger partial charge in [-0.3, -0.25) is 0 Å². The maximum Gasteiger partial charge on any atom is 0.373 e. The molecular formula is C13H14O4. The maximum absolute atomic E-state index is 11.2. The van der Waals surface area contributed by atoms with Gasteiger partial charge in [0, 0.05) is 5.56 Å². The van der Waals surface area contributed by atoms with E-state index >= 15 is 0 Å². The fraction of sp³-hybridized carbons (Fsp3) is 0.154. The molecule has 4 nitrogen and oxygen atoms in total. The molecule has 0 saturated heterocycles. The van der Waals surface area contributed by atoms with Crippen LogP contribution in [0.1, 0.15) is 5.56 Å². The molecular weight excluding hydrogens is 220 g/mol. The van der Waals surface area contributed by atoms with Crippen molar-refractivity contribution in [3.63, 3.8) is 0 Å². The van der Waals surface area contributed by atoms with Crippen molar-refractivity contribution in [3.8, 4) is 5.75 Å². The van der Waals surface area contributed by atoms with E-state index in [-0.39, 0.29) is 11.5 Å². The van der Waals surface area contributed by atoms with Crippen LogP contribution in [0.15, 0.2) is 42.2 Å². The van der Waals surface area contributed by atoms with Crippen LogP contribution < -0.4 is 0 Å². The Kier molecular flexibility index (Phi) is 4.81. The lowest BCUT2D eigenvalue weighted by atomic mass is 10.2. The normalized spacial score (nSPS) is 11.5. The summed E-state index contributed by atoms with van der Waals surface area (Å²) in [6.45, 7) is 0. The molecule has 0 spiro atoms. The Hall–Kier alpha value is -2.23. The quantitative estimate of drug-likeness (QED) is 0.375.